The molecular weight excluding hydrogens is 400 g/mol. The highest BCUT2D eigenvalue weighted by Crippen LogP contribution is 2.53. The fourth-order valence-electron chi connectivity index (χ4n) is 5.22. The number of fused-ring (bicyclic) bond motifs is 2. The van der Waals surface area contributed by atoms with Gasteiger partial charge in [-0.3, -0.25) is 4.79 Å². The zero-order chi connectivity index (χ0) is 19.9. The Morgan fingerprint density at radius 3 is 2.57 bits per heavy atom. The van der Waals surface area contributed by atoms with Crippen molar-refractivity contribution in [2.45, 2.75) is 24.9 Å². The zero-order valence-corrected chi connectivity index (χ0v) is 17.7. The van der Waals surface area contributed by atoms with E-state index in [2.05, 4.69) is 9.62 Å². The van der Waals surface area contributed by atoms with Gasteiger partial charge in [-0.1, -0.05) is 6.42 Å². The summed E-state index contributed by atoms with van der Waals surface area (Å²) in [5, 5.41) is 0. The van der Waals surface area contributed by atoms with E-state index in [-0.39, 0.29) is 5.60 Å². The summed E-state index contributed by atoms with van der Waals surface area (Å²) in [6.07, 6.45) is 3.30. The number of amides is 1. The first-order valence-corrected chi connectivity index (χ1v) is 12.0. The van der Waals surface area contributed by atoms with Crippen LogP contribution < -0.4 is 10.5 Å². The van der Waals surface area contributed by atoms with Crippen LogP contribution in [0.3, 0.4) is 0 Å². The second-order valence-corrected chi connectivity index (χ2v) is 10.7. The molecule has 2 aliphatic heterocycles. The Labute approximate surface area is 170 Å². The Bertz CT molecular complexity index is 826. The molecule has 1 aromatic rings. The van der Waals surface area contributed by atoms with Crippen LogP contribution in [-0.4, -0.2) is 69.9 Å². The fraction of sp³-hybridized carbons (Fsp3) is 0.722. The van der Waals surface area contributed by atoms with Crippen LogP contribution in [0.4, 0.5) is 0 Å². The normalized spacial score (nSPS) is 33.2. The first-order chi connectivity index (χ1) is 13.4. The molecule has 1 amide bonds. The molecule has 10 heteroatoms. The third-order valence-electron chi connectivity index (χ3n) is 6.50. The molecule has 3 aliphatic rings. The minimum atomic E-state index is -3.29. The second kappa shape index (κ2) is 7.66. The Hall–Kier alpha value is -1.04. The number of methoxy groups -OCH3 is 1. The zero-order valence-electron chi connectivity index (χ0n) is 16.1. The van der Waals surface area contributed by atoms with E-state index in [1.165, 1.54) is 22.1 Å². The maximum Gasteiger partial charge on any atom is 0.279 e. The molecule has 1 aromatic heterocycles. The average Bonchev–Trinajstić information content (AvgIpc) is 3.26. The van der Waals surface area contributed by atoms with Crippen molar-refractivity contribution in [2.24, 2.45) is 17.6 Å². The van der Waals surface area contributed by atoms with Gasteiger partial charge in [-0.25, -0.2) is 4.72 Å². The summed E-state index contributed by atoms with van der Waals surface area (Å²) >= 11 is 1.45. The van der Waals surface area contributed by atoms with Crippen molar-refractivity contribution >= 4 is 27.5 Å². The van der Waals surface area contributed by atoms with Gasteiger partial charge in [0.1, 0.15) is 5.60 Å². The molecule has 8 nitrogen and oxygen atoms in total. The monoisotopic (exact) mass is 428 g/mol. The van der Waals surface area contributed by atoms with Gasteiger partial charge in [-0.2, -0.15) is 12.7 Å². The quantitative estimate of drug-likeness (QED) is 0.689. The lowest BCUT2D eigenvalue weighted by Crippen LogP contribution is -2.59. The number of piperidine rings is 1. The molecule has 4 rings (SSSR count). The van der Waals surface area contributed by atoms with Gasteiger partial charge in [0.15, 0.2) is 0 Å². The Kier molecular flexibility index (Phi) is 5.54. The molecule has 1 aliphatic carbocycles. The summed E-state index contributed by atoms with van der Waals surface area (Å²) in [5.74, 6) is 0.237. The van der Waals surface area contributed by atoms with E-state index >= 15 is 0 Å². The van der Waals surface area contributed by atoms with Crippen molar-refractivity contribution in [3.05, 3.63) is 21.9 Å². The molecule has 0 radical (unpaired) electrons. The largest absolute Gasteiger partial charge is 0.372 e. The molecule has 3 fully saturated rings. The second-order valence-electron chi connectivity index (χ2n) is 7.91. The number of carbonyl (C=O) groups excluding carboxylic acids is 1. The highest BCUT2D eigenvalue weighted by Gasteiger charge is 2.54. The number of carbonyl (C=O) groups is 1. The molecule has 1 saturated carbocycles. The predicted molar refractivity (Wildman–Crippen MR) is 107 cm³/mol. The molecular formula is C18H28N4O4S2. The van der Waals surface area contributed by atoms with Gasteiger partial charge in [0.25, 0.3) is 16.1 Å². The molecule has 3 heterocycles. The number of nitrogens with two attached hydrogens (primary N) is 1. The van der Waals surface area contributed by atoms with E-state index in [0.717, 1.165) is 37.4 Å². The number of hydrogen-bond donors (Lipinski definition) is 2. The molecule has 2 saturated heterocycles. The summed E-state index contributed by atoms with van der Waals surface area (Å²) in [6, 6.07) is 3.80. The third-order valence-corrected chi connectivity index (χ3v) is 9.34. The van der Waals surface area contributed by atoms with Crippen LogP contribution in [-0.2, 0) is 20.5 Å². The minimum Gasteiger partial charge on any atom is -0.372 e. The van der Waals surface area contributed by atoms with Crippen molar-refractivity contribution in [3.63, 3.8) is 0 Å². The van der Waals surface area contributed by atoms with Gasteiger partial charge in [0.05, 0.1) is 4.88 Å². The number of ether oxygens (including phenoxy) is 1. The van der Waals surface area contributed by atoms with Crippen LogP contribution >= 0.6 is 11.3 Å². The van der Waals surface area contributed by atoms with Crippen molar-refractivity contribution in [3.8, 4) is 0 Å². The molecule has 0 spiro atoms. The van der Waals surface area contributed by atoms with Gasteiger partial charge < -0.3 is 15.4 Å². The van der Waals surface area contributed by atoms with Gasteiger partial charge >= 0.3 is 0 Å². The number of nitrogens with zero attached hydrogens (tertiary/aromatic N) is 2. The van der Waals surface area contributed by atoms with Crippen LogP contribution in [0, 0.1) is 11.8 Å². The Morgan fingerprint density at radius 1 is 1.32 bits per heavy atom. The molecule has 3 N–H and O–H groups in total. The summed E-state index contributed by atoms with van der Waals surface area (Å²) in [7, 11) is -1.52. The lowest BCUT2D eigenvalue weighted by atomic mass is 9.64. The number of likely N-dealkylation sites (tertiary alicyclic amines) is 1. The van der Waals surface area contributed by atoms with Crippen molar-refractivity contribution in [2.75, 3.05) is 46.4 Å². The van der Waals surface area contributed by atoms with Crippen LogP contribution in [0.15, 0.2) is 12.1 Å². The molecule has 2 atom stereocenters. The lowest BCUT2D eigenvalue weighted by molar-refractivity contribution is -0.166. The van der Waals surface area contributed by atoms with Gasteiger partial charge in [-0.15, -0.1) is 11.3 Å². The highest BCUT2D eigenvalue weighted by molar-refractivity contribution is 7.87. The molecule has 28 heavy (non-hydrogen) atoms. The van der Waals surface area contributed by atoms with Crippen molar-refractivity contribution in [1.82, 2.24) is 13.9 Å². The number of rotatable bonds is 6. The molecule has 156 valence electrons. The first kappa shape index (κ1) is 20.2. The predicted octanol–water partition coefficient (Wildman–Crippen LogP) is 0.571. The summed E-state index contributed by atoms with van der Waals surface area (Å²) in [4.78, 5) is 15.6. The highest BCUT2D eigenvalue weighted by atomic mass is 32.2. The van der Waals surface area contributed by atoms with Crippen molar-refractivity contribution < 1.29 is 17.9 Å². The van der Waals surface area contributed by atoms with Crippen molar-refractivity contribution in [1.29, 1.82) is 0 Å². The number of hydrogen-bond acceptors (Lipinski definition) is 6. The van der Waals surface area contributed by atoms with Crippen LogP contribution in [0.5, 0.6) is 0 Å². The standard InChI is InChI=1S/C18H28N4O4S2/c1-26-18(16-6-5-15(27-16)17(19)23)13-3-2-4-14(18)12-21(11-13)9-10-22-8-7-20-28(22,24)25/h5-6,13-14,20H,2-4,7-12H2,1H3,(H2,19,23). The maximum atomic E-state index is 12.0. The van der Waals surface area contributed by atoms with E-state index in [1.807, 2.05) is 6.07 Å². The van der Waals surface area contributed by atoms with Gasteiger partial charge in [0, 0.05) is 63.1 Å². The Morgan fingerprint density at radius 2 is 2.04 bits per heavy atom. The molecule has 0 aromatic carbocycles. The fourth-order valence-corrected chi connectivity index (χ4v) is 7.59. The van der Waals surface area contributed by atoms with E-state index in [1.54, 1.807) is 13.2 Å². The number of nitrogens with one attached hydrogen (secondary N) is 1. The Balaban J connectivity index is 1.51. The average molecular weight is 429 g/mol. The maximum absolute atomic E-state index is 12.0. The summed E-state index contributed by atoms with van der Waals surface area (Å²) < 4.78 is 34.2. The van der Waals surface area contributed by atoms with Gasteiger partial charge in [0.2, 0.25) is 0 Å². The topological polar surface area (TPSA) is 105 Å². The summed E-state index contributed by atoms with van der Waals surface area (Å²) in [5.41, 5.74) is 5.08. The smallest absolute Gasteiger partial charge is 0.279 e. The van der Waals surface area contributed by atoms with Crippen LogP contribution in [0.25, 0.3) is 0 Å². The summed E-state index contributed by atoms with van der Waals surface area (Å²) in [6.45, 7) is 4.01. The van der Waals surface area contributed by atoms with E-state index in [9.17, 15) is 13.2 Å². The lowest BCUT2D eigenvalue weighted by Gasteiger charge is -2.55. The van der Waals surface area contributed by atoms with E-state index in [0.29, 0.717) is 36.3 Å². The van der Waals surface area contributed by atoms with Crippen LogP contribution in [0.2, 0.25) is 0 Å². The number of primary amides is 1. The van der Waals surface area contributed by atoms with E-state index < -0.39 is 16.1 Å². The van der Waals surface area contributed by atoms with E-state index in [4.69, 9.17) is 10.5 Å². The van der Waals surface area contributed by atoms with Gasteiger partial charge in [-0.05, 0) is 25.0 Å². The molecule has 2 bridgehead atoms. The number of thiophene rings is 1. The SMILES string of the molecule is COC1(c2ccc(C(N)=O)s2)C2CCCC1CN(CCN1CCNS1(=O)=O)C2. The van der Waals surface area contributed by atoms with Crippen LogP contribution in [0.1, 0.15) is 33.8 Å². The first-order valence-electron chi connectivity index (χ1n) is 9.79. The third kappa shape index (κ3) is 3.40. The minimum absolute atomic E-state index is 0.317. The molecule has 2 unspecified atom stereocenters.